The molecule has 0 aliphatic carbocycles. The van der Waals surface area contributed by atoms with Gasteiger partial charge in [0.15, 0.2) is 0 Å². The molecular formula is C14H11IO3S. The molecule has 98 valence electrons. The summed E-state index contributed by atoms with van der Waals surface area (Å²) < 4.78 is 6.04. The second kappa shape index (κ2) is 6.29. The SMILES string of the molecule is COc1ccc(Sc2ccc(C(=O)O)cc2I)cc1. The Labute approximate surface area is 129 Å². The van der Waals surface area contributed by atoms with Gasteiger partial charge in [-0.05, 0) is 65.1 Å². The maximum absolute atomic E-state index is 10.9. The van der Waals surface area contributed by atoms with E-state index in [0.29, 0.717) is 5.56 Å². The number of halogens is 1. The third-order valence-electron chi connectivity index (χ3n) is 2.47. The van der Waals surface area contributed by atoms with Crippen molar-refractivity contribution < 1.29 is 14.6 Å². The lowest BCUT2D eigenvalue weighted by atomic mass is 10.2. The maximum atomic E-state index is 10.9. The van der Waals surface area contributed by atoms with Gasteiger partial charge in [-0.25, -0.2) is 4.79 Å². The molecule has 0 heterocycles. The van der Waals surface area contributed by atoms with Gasteiger partial charge in [-0.1, -0.05) is 11.8 Å². The Bertz CT molecular complexity index is 596. The topological polar surface area (TPSA) is 46.5 Å². The van der Waals surface area contributed by atoms with Gasteiger partial charge in [-0.3, -0.25) is 0 Å². The molecule has 0 aliphatic heterocycles. The van der Waals surface area contributed by atoms with Gasteiger partial charge < -0.3 is 9.84 Å². The molecule has 0 atom stereocenters. The highest BCUT2D eigenvalue weighted by Gasteiger charge is 2.08. The normalized spacial score (nSPS) is 10.2. The van der Waals surface area contributed by atoms with Gasteiger partial charge in [0.25, 0.3) is 0 Å². The van der Waals surface area contributed by atoms with Crippen LogP contribution >= 0.6 is 34.4 Å². The van der Waals surface area contributed by atoms with Crippen LogP contribution in [-0.2, 0) is 0 Å². The van der Waals surface area contributed by atoms with Gasteiger partial charge in [0.1, 0.15) is 5.75 Å². The van der Waals surface area contributed by atoms with E-state index in [1.807, 2.05) is 30.3 Å². The molecule has 2 rings (SSSR count). The molecule has 2 aromatic rings. The quantitative estimate of drug-likeness (QED) is 0.803. The summed E-state index contributed by atoms with van der Waals surface area (Å²) in [6, 6.07) is 12.9. The molecule has 0 unspecified atom stereocenters. The molecule has 0 fully saturated rings. The van der Waals surface area contributed by atoms with Crippen molar-refractivity contribution in [3.8, 4) is 5.75 Å². The number of aromatic carboxylic acids is 1. The first kappa shape index (κ1) is 14.2. The van der Waals surface area contributed by atoms with Gasteiger partial charge in [0.05, 0.1) is 12.7 Å². The number of ether oxygens (including phenoxy) is 1. The zero-order chi connectivity index (χ0) is 13.8. The van der Waals surface area contributed by atoms with Crippen LogP contribution < -0.4 is 4.74 Å². The predicted molar refractivity (Wildman–Crippen MR) is 83.2 cm³/mol. The molecular weight excluding hydrogens is 375 g/mol. The van der Waals surface area contributed by atoms with E-state index in [4.69, 9.17) is 9.84 Å². The molecule has 3 nitrogen and oxygen atoms in total. The Kier molecular flexibility index (Phi) is 4.71. The van der Waals surface area contributed by atoms with Crippen LogP contribution in [0.3, 0.4) is 0 Å². The minimum atomic E-state index is -0.904. The van der Waals surface area contributed by atoms with Gasteiger partial charge >= 0.3 is 5.97 Å². The van der Waals surface area contributed by atoms with Gasteiger partial charge in [-0.2, -0.15) is 0 Å². The fourth-order valence-electron chi connectivity index (χ4n) is 1.49. The average molecular weight is 386 g/mol. The molecule has 1 N–H and O–H groups in total. The number of hydrogen-bond donors (Lipinski definition) is 1. The molecule has 0 spiro atoms. The largest absolute Gasteiger partial charge is 0.497 e. The van der Waals surface area contributed by atoms with Crippen LogP contribution in [0.1, 0.15) is 10.4 Å². The van der Waals surface area contributed by atoms with Gasteiger partial charge in [-0.15, -0.1) is 0 Å². The van der Waals surface area contributed by atoms with Crippen molar-refractivity contribution in [2.24, 2.45) is 0 Å². The number of carbonyl (C=O) groups is 1. The van der Waals surface area contributed by atoms with Crippen LogP contribution in [0.15, 0.2) is 52.3 Å². The maximum Gasteiger partial charge on any atom is 0.335 e. The molecule has 0 saturated carbocycles. The fourth-order valence-corrected chi connectivity index (χ4v) is 3.15. The Morgan fingerprint density at radius 1 is 1.21 bits per heavy atom. The van der Waals surface area contributed by atoms with Gasteiger partial charge in [0, 0.05) is 13.4 Å². The zero-order valence-corrected chi connectivity index (χ0v) is 13.1. The lowest BCUT2D eigenvalue weighted by Crippen LogP contribution is -1.96. The van der Waals surface area contributed by atoms with Gasteiger partial charge in [0.2, 0.25) is 0 Å². The lowest BCUT2D eigenvalue weighted by Gasteiger charge is -2.06. The number of carboxylic acid groups (broad SMARTS) is 1. The summed E-state index contributed by atoms with van der Waals surface area (Å²) in [5.41, 5.74) is 0.309. The van der Waals surface area contributed by atoms with Crippen LogP contribution in [0.4, 0.5) is 0 Å². The Balaban J connectivity index is 2.20. The smallest absolute Gasteiger partial charge is 0.335 e. The van der Waals surface area contributed by atoms with Crippen molar-refractivity contribution in [2.45, 2.75) is 9.79 Å². The lowest BCUT2D eigenvalue weighted by molar-refractivity contribution is 0.0696. The van der Waals surface area contributed by atoms with Crippen LogP contribution in [0.5, 0.6) is 5.75 Å². The molecule has 5 heteroatoms. The zero-order valence-electron chi connectivity index (χ0n) is 10.1. The van der Waals surface area contributed by atoms with E-state index in [1.165, 1.54) is 0 Å². The van der Waals surface area contributed by atoms with Crippen molar-refractivity contribution in [3.63, 3.8) is 0 Å². The Morgan fingerprint density at radius 2 is 1.89 bits per heavy atom. The summed E-state index contributed by atoms with van der Waals surface area (Å²) in [5.74, 6) is -0.0841. The van der Waals surface area contributed by atoms with E-state index in [2.05, 4.69) is 22.6 Å². The molecule has 19 heavy (non-hydrogen) atoms. The highest BCUT2D eigenvalue weighted by Crippen LogP contribution is 2.32. The van der Waals surface area contributed by atoms with E-state index >= 15 is 0 Å². The average Bonchev–Trinajstić information content (AvgIpc) is 2.41. The highest BCUT2D eigenvalue weighted by molar-refractivity contribution is 14.1. The third kappa shape index (κ3) is 3.63. The minimum Gasteiger partial charge on any atom is -0.497 e. The second-order valence-corrected chi connectivity index (χ2v) is 6.01. The first-order valence-electron chi connectivity index (χ1n) is 5.45. The highest BCUT2D eigenvalue weighted by atomic mass is 127. The summed E-state index contributed by atoms with van der Waals surface area (Å²) in [7, 11) is 1.63. The molecule has 0 aliphatic rings. The summed E-state index contributed by atoms with van der Waals surface area (Å²) in [4.78, 5) is 13.0. The summed E-state index contributed by atoms with van der Waals surface area (Å²) in [6.45, 7) is 0. The molecule has 0 radical (unpaired) electrons. The van der Waals surface area contributed by atoms with Crippen molar-refractivity contribution in [1.29, 1.82) is 0 Å². The van der Waals surface area contributed by atoms with Crippen LogP contribution in [-0.4, -0.2) is 18.2 Å². The van der Waals surface area contributed by atoms with E-state index in [-0.39, 0.29) is 0 Å². The van der Waals surface area contributed by atoms with Crippen molar-refractivity contribution in [3.05, 3.63) is 51.6 Å². The molecule has 0 saturated heterocycles. The van der Waals surface area contributed by atoms with E-state index < -0.39 is 5.97 Å². The number of carboxylic acids is 1. The number of benzene rings is 2. The predicted octanol–water partition coefficient (Wildman–Crippen LogP) is 4.15. The van der Waals surface area contributed by atoms with E-state index in [9.17, 15) is 4.79 Å². The second-order valence-electron chi connectivity index (χ2n) is 3.73. The molecule has 2 aromatic carbocycles. The Hall–Kier alpha value is -1.21. The van der Waals surface area contributed by atoms with Crippen LogP contribution in [0.25, 0.3) is 0 Å². The van der Waals surface area contributed by atoms with E-state index in [1.54, 1.807) is 31.0 Å². The number of methoxy groups -OCH3 is 1. The summed E-state index contributed by atoms with van der Waals surface area (Å²) >= 11 is 3.75. The summed E-state index contributed by atoms with van der Waals surface area (Å²) in [6.07, 6.45) is 0. The molecule has 0 amide bonds. The van der Waals surface area contributed by atoms with Crippen LogP contribution in [0, 0.1) is 3.57 Å². The van der Waals surface area contributed by atoms with Crippen molar-refractivity contribution in [1.82, 2.24) is 0 Å². The fraction of sp³-hybridized carbons (Fsp3) is 0.0714. The third-order valence-corrected chi connectivity index (χ3v) is 4.81. The number of hydrogen-bond acceptors (Lipinski definition) is 3. The Morgan fingerprint density at radius 3 is 2.42 bits per heavy atom. The van der Waals surface area contributed by atoms with Crippen molar-refractivity contribution in [2.75, 3.05) is 7.11 Å². The minimum absolute atomic E-state index is 0.309. The van der Waals surface area contributed by atoms with Crippen molar-refractivity contribution >= 4 is 40.3 Å². The first-order valence-corrected chi connectivity index (χ1v) is 7.34. The van der Waals surface area contributed by atoms with Crippen LogP contribution in [0.2, 0.25) is 0 Å². The first-order chi connectivity index (χ1) is 9.10. The summed E-state index contributed by atoms with van der Waals surface area (Å²) in [5, 5.41) is 8.92. The standard InChI is InChI=1S/C14H11IO3S/c1-18-10-3-5-11(6-4-10)19-13-7-2-9(14(16)17)8-12(13)15/h2-8H,1H3,(H,16,17). The van der Waals surface area contributed by atoms with E-state index in [0.717, 1.165) is 19.1 Å². The number of rotatable bonds is 4. The molecule has 0 aromatic heterocycles. The molecule has 0 bridgehead atoms. The monoisotopic (exact) mass is 386 g/mol.